The highest BCUT2D eigenvalue weighted by Gasteiger charge is 2.22. The number of fused-ring (bicyclic) bond motifs is 3. The van der Waals surface area contributed by atoms with Crippen LogP contribution in [0.5, 0.6) is 0 Å². The van der Waals surface area contributed by atoms with E-state index in [1.807, 2.05) is 12.1 Å². The molecule has 1 aliphatic carbocycles. The van der Waals surface area contributed by atoms with Crippen molar-refractivity contribution in [3.8, 4) is 22.3 Å². The fraction of sp³-hybridized carbons (Fsp3) is 0.143. The average molecular weight is 359 g/mol. The lowest BCUT2D eigenvalue weighted by Crippen LogP contribution is -1.92. The average Bonchev–Trinajstić information content (AvgIpc) is 2.95. The van der Waals surface area contributed by atoms with Crippen LogP contribution in [-0.2, 0) is 12.8 Å². The van der Waals surface area contributed by atoms with Crippen molar-refractivity contribution in [3.63, 3.8) is 0 Å². The van der Waals surface area contributed by atoms with E-state index in [4.69, 9.17) is 11.6 Å². The topological polar surface area (TPSA) is 0 Å². The van der Waals surface area contributed by atoms with Gasteiger partial charge in [-0.15, -0.1) is 0 Å². The van der Waals surface area contributed by atoms with Gasteiger partial charge < -0.3 is 0 Å². The molecule has 0 fully saturated rings. The number of hydrogen-bond acceptors (Lipinski definition) is 0. The minimum atomic E-state index is -0.896. The summed E-state index contributed by atoms with van der Waals surface area (Å²) in [7, 11) is 0. The van der Waals surface area contributed by atoms with E-state index in [2.05, 4.69) is 13.0 Å². The van der Waals surface area contributed by atoms with Crippen LogP contribution in [0.15, 0.2) is 42.5 Å². The molecule has 0 saturated heterocycles. The Bertz CT molecular complexity index is 985. The van der Waals surface area contributed by atoms with Crippen molar-refractivity contribution < 1.29 is 13.2 Å². The molecule has 0 nitrogen and oxygen atoms in total. The number of benzene rings is 3. The first-order valence-electron chi connectivity index (χ1n) is 8.07. The Morgan fingerprint density at radius 3 is 2.16 bits per heavy atom. The Morgan fingerprint density at radius 1 is 0.800 bits per heavy atom. The summed E-state index contributed by atoms with van der Waals surface area (Å²) in [5.74, 6) is -2.30. The third kappa shape index (κ3) is 2.63. The fourth-order valence-corrected chi connectivity index (χ4v) is 3.54. The van der Waals surface area contributed by atoms with E-state index in [-0.39, 0.29) is 11.1 Å². The van der Waals surface area contributed by atoms with Crippen LogP contribution in [-0.4, -0.2) is 0 Å². The van der Waals surface area contributed by atoms with Gasteiger partial charge in [-0.3, -0.25) is 0 Å². The lowest BCUT2D eigenvalue weighted by atomic mass is 9.98. The minimum absolute atomic E-state index is 0.143. The molecule has 0 atom stereocenters. The van der Waals surface area contributed by atoms with E-state index in [1.54, 1.807) is 6.07 Å². The van der Waals surface area contributed by atoms with Gasteiger partial charge >= 0.3 is 0 Å². The predicted molar refractivity (Wildman–Crippen MR) is 94.4 cm³/mol. The molecule has 0 heterocycles. The molecule has 4 heteroatoms. The Kier molecular flexibility index (Phi) is 3.84. The van der Waals surface area contributed by atoms with E-state index in [0.717, 1.165) is 40.8 Å². The van der Waals surface area contributed by atoms with Crippen LogP contribution in [0.3, 0.4) is 0 Å². The third-order valence-corrected chi connectivity index (χ3v) is 5.10. The maximum Gasteiger partial charge on any atom is 0.145 e. The van der Waals surface area contributed by atoms with Crippen LogP contribution < -0.4 is 0 Å². The van der Waals surface area contributed by atoms with Gasteiger partial charge in [-0.2, -0.15) is 0 Å². The van der Waals surface area contributed by atoms with Crippen molar-refractivity contribution in [3.05, 3.63) is 81.6 Å². The van der Waals surface area contributed by atoms with Crippen molar-refractivity contribution >= 4 is 11.6 Å². The van der Waals surface area contributed by atoms with E-state index < -0.39 is 22.5 Å². The van der Waals surface area contributed by atoms with Gasteiger partial charge in [-0.25, -0.2) is 13.2 Å². The fourth-order valence-electron chi connectivity index (χ4n) is 3.43. The molecule has 3 aromatic carbocycles. The molecular formula is C21H14ClF3. The van der Waals surface area contributed by atoms with Crippen LogP contribution in [0.1, 0.15) is 23.6 Å². The van der Waals surface area contributed by atoms with Crippen LogP contribution in [0.25, 0.3) is 22.3 Å². The van der Waals surface area contributed by atoms with Crippen LogP contribution in [0, 0.1) is 17.5 Å². The highest BCUT2D eigenvalue weighted by Crippen LogP contribution is 2.41. The molecule has 0 radical (unpaired) electrons. The summed E-state index contributed by atoms with van der Waals surface area (Å²) >= 11 is 5.52. The first-order valence-corrected chi connectivity index (χ1v) is 8.45. The molecule has 0 N–H and O–H groups in total. The molecule has 1 aliphatic rings. The summed E-state index contributed by atoms with van der Waals surface area (Å²) in [5.41, 5.74) is 5.52. The van der Waals surface area contributed by atoms with Crippen molar-refractivity contribution in [1.82, 2.24) is 0 Å². The second-order valence-corrected chi connectivity index (χ2v) is 6.64. The first-order chi connectivity index (χ1) is 12.0. The summed E-state index contributed by atoms with van der Waals surface area (Å²) in [4.78, 5) is 0. The SMILES string of the molecule is CCc1ccc2c(c1)Cc1cc(-c3cc(F)c(Cl)c(F)c3)c(F)cc1-2. The van der Waals surface area contributed by atoms with Crippen molar-refractivity contribution in [2.24, 2.45) is 0 Å². The molecule has 126 valence electrons. The smallest absolute Gasteiger partial charge is 0.145 e. The molecule has 0 spiro atoms. The first kappa shape index (κ1) is 16.2. The molecule has 25 heavy (non-hydrogen) atoms. The monoisotopic (exact) mass is 358 g/mol. The Hall–Kier alpha value is -2.26. The molecule has 0 unspecified atom stereocenters. The van der Waals surface area contributed by atoms with Gasteiger partial charge in [0.2, 0.25) is 0 Å². The van der Waals surface area contributed by atoms with Crippen LogP contribution >= 0.6 is 11.6 Å². The van der Waals surface area contributed by atoms with E-state index in [9.17, 15) is 13.2 Å². The molecular weight excluding hydrogens is 345 g/mol. The Morgan fingerprint density at radius 2 is 1.48 bits per heavy atom. The summed E-state index contributed by atoms with van der Waals surface area (Å²) < 4.78 is 42.1. The predicted octanol–water partition coefficient (Wildman–Crippen LogP) is 6.56. The summed E-state index contributed by atoms with van der Waals surface area (Å²) in [6.07, 6.45) is 1.62. The van der Waals surface area contributed by atoms with Gasteiger partial charge in [0.05, 0.1) is 0 Å². The van der Waals surface area contributed by atoms with Crippen molar-refractivity contribution in [2.75, 3.05) is 0 Å². The number of halogens is 4. The standard InChI is InChI=1S/C21H14ClF3/c1-2-11-3-4-15-12(5-11)6-13-7-17(18(23)10-16(13)15)14-8-19(24)21(22)20(25)9-14/h3-5,7-10H,2,6H2,1H3. The van der Waals surface area contributed by atoms with Gasteiger partial charge in [0.25, 0.3) is 0 Å². The number of hydrogen-bond donors (Lipinski definition) is 0. The van der Waals surface area contributed by atoms with Crippen LogP contribution in [0.4, 0.5) is 13.2 Å². The zero-order valence-corrected chi connectivity index (χ0v) is 14.2. The number of rotatable bonds is 2. The van der Waals surface area contributed by atoms with Crippen LogP contribution in [0.2, 0.25) is 5.02 Å². The zero-order chi connectivity index (χ0) is 17.7. The second-order valence-electron chi connectivity index (χ2n) is 6.26. The summed E-state index contributed by atoms with van der Waals surface area (Å²) in [5, 5.41) is -0.579. The van der Waals surface area contributed by atoms with Gasteiger partial charge in [-0.1, -0.05) is 36.7 Å². The van der Waals surface area contributed by atoms with Crippen molar-refractivity contribution in [1.29, 1.82) is 0 Å². The zero-order valence-electron chi connectivity index (χ0n) is 13.5. The van der Waals surface area contributed by atoms with Gasteiger partial charge in [0.15, 0.2) is 0 Å². The molecule has 0 amide bonds. The minimum Gasteiger partial charge on any atom is -0.206 e. The number of aryl methyl sites for hydroxylation is 1. The van der Waals surface area contributed by atoms with E-state index in [0.29, 0.717) is 6.42 Å². The Labute approximate surface area is 148 Å². The van der Waals surface area contributed by atoms with Gasteiger partial charge in [-0.05, 0) is 70.5 Å². The quantitative estimate of drug-likeness (QED) is 0.356. The maximum absolute atomic E-state index is 14.7. The molecule has 0 bridgehead atoms. The summed E-state index contributed by atoms with van der Waals surface area (Å²) in [6, 6.07) is 11.4. The molecule has 3 aromatic rings. The Balaban J connectivity index is 1.84. The molecule has 0 aromatic heterocycles. The molecule has 4 rings (SSSR count). The second kappa shape index (κ2) is 5.92. The van der Waals surface area contributed by atoms with Gasteiger partial charge in [0.1, 0.15) is 22.5 Å². The van der Waals surface area contributed by atoms with E-state index in [1.165, 1.54) is 11.6 Å². The van der Waals surface area contributed by atoms with Gasteiger partial charge in [0, 0.05) is 5.56 Å². The molecule has 0 saturated carbocycles. The largest absolute Gasteiger partial charge is 0.206 e. The van der Waals surface area contributed by atoms with E-state index >= 15 is 0 Å². The molecule has 0 aliphatic heterocycles. The van der Waals surface area contributed by atoms with Crippen molar-refractivity contribution in [2.45, 2.75) is 19.8 Å². The lowest BCUT2D eigenvalue weighted by Gasteiger charge is -2.09. The third-order valence-electron chi connectivity index (χ3n) is 4.74. The normalized spacial score (nSPS) is 12.2. The lowest BCUT2D eigenvalue weighted by molar-refractivity contribution is 0.584. The maximum atomic E-state index is 14.7. The highest BCUT2D eigenvalue weighted by atomic mass is 35.5. The summed E-state index contributed by atoms with van der Waals surface area (Å²) in [6.45, 7) is 2.09. The highest BCUT2D eigenvalue weighted by molar-refractivity contribution is 6.31.